The number of β-amino-alcohol motifs (C(OH)–C–C–N with tert-alkyl or cyclic N) is 1. The zero-order valence-electron chi connectivity index (χ0n) is 15.8. The first-order valence-corrected chi connectivity index (χ1v) is 9.64. The lowest BCUT2D eigenvalue weighted by molar-refractivity contribution is -0.137. The Bertz CT molecular complexity index is 1080. The van der Waals surface area contributed by atoms with E-state index in [9.17, 15) is 23.1 Å². The fraction of sp³-hybridized carbons (Fsp3) is 0.318. The third kappa shape index (κ3) is 2.86. The molecule has 5 rings (SSSR count). The second-order valence-electron chi connectivity index (χ2n) is 7.48. The van der Waals surface area contributed by atoms with Gasteiger partial charge in [-0.2, -0.15) is 13.2 Å². The molecule has 0 spiro atoms. The number of halogens is 3. The van der Waals surface area contributed by atoms with Crippen molar-refractivity contribution in [2.45, 2.75) is 24.9 Å². The maximum Gasteiger partial charge on any atom is 0.416 e. The highest BCUT2D eigenvalue weighted by atomic mass is 19.4. The number of benzene rings is 2. The Hall–Kier alpha value is -3.00. The monoisotopic (exact) mass is 417 g/mol. The predicted octanol–water partition coefficient (Wildman–Crippen LogP) is 4.00. The number of anilines is 1. The number of fused-ring (bicyclic) bond motifs is 2. The van der Waals surface area contributed by atoms with E-state index in [4.69, 9.17) is 9.47 Å². The van der Waals surface area contributed by atoms with E-state index in [1.54, 1.807) is 18.2 Å². The lowest BCUT2D eigenvalue weighted by Crippen LogP contribution is -2.32. The molecule has 0 radical (unpaired) electrons. The average molecular weight is 417 g/mol. The van der Waals surface area contributed by atoms with Crippen LogP contribution in [0.3, 0.4) is 0 Å². The molecular weight excluding hydrogens is 399 g/mol. The summed E-state index contributed by atoms with van der Waals surface area (Å²) in [6, 6.07) is 8.63. The first-order valence-electron chi connectivity index (χ1n) is 9.64. The van der Waals surface area contributed by atoms with E-state index in [-0.39, 0.29) is 25.7 Å². The van der Waals surface area contributed by atoms with Crippen LogP contribution in [0, 0.1) is 0 Å². The van der Waals surface area contributed by atoms with Gasteiger partial charge in [0.2, 0.25) is 6.79 Å². The highest BCUT2D eigenvalue weighted by molar-refractivity contribution is 6.03. The SMILES string of the molecule is O=C1CCC2=C1C(c1cccc(C(F)(F)F)c1)c1cc3c(cc1N2CCO)OCO3. The Labute approximate surface area is 170 Å². The molecule has 1 unspecified atom stereocenters. The van der Waals surface area contributed by atoms with Gasteiger partial charge >= 0.3 is 6.18 Å². The van der Waals surface area contributed by atoms with Crippen LogP contribution in [-0.4, -0.2) is 30.8 Å². The Balaban J connectivity index is 1.75. The first kappa shape index (κ1) is 19.0. The fourth-order valence-electron chi connectivity index (χ4n) is 4.58. The molecule has 0 saturated heterocycles. The summed E-state index contributed by atoms with van der Waals surface area (Å²) in [5.74, 6) is 0.299. The maximum absolute atomic E-state index is 13.4. The van der Waals surface area contributed by atoms with Gasteiger partial charge in [-0.05, 0) is 29.7 Å². The molecule has 156 valence electrons. The minimum absolute atomic E-state index is 0.0541. The second kappa shape index (κ2) is 6.77. The smallest absolute Gasteiger partial charge is 0.416 e. The molecule has 5 nitrogen and oxygen atoms in total. The van der Waals surface area contributed by atoms with Crippen LogP contribution >= 0.6 is 0 Å². The normalized spacial score (nSPS) is 19.9. The molecule has 1 N–H and O–H groups in total. The molecule has 2 aromatic rings. The molecule has 8 heteroatoms. The van der Waals surface area contributed by atoms with E-state index < -0.39 is 17.7 Å². The quantitative estimate of drug-likeness (QED) is 0.818. The number of aliphatic hydroxyl groups is 1. The largest absolute Gasteiger partial charge is 0.454 e. The fourth-order valence-corrected chi connectivity index (χ4v) is 4.58. The Kier molecular flexibility index (Phi) is 4.28. The number of ketones is 1. The number of ether oxygens (including phenoxy) is 2. The number of allylic oxidation sites excluding steroid dienone is 2. The van der Waals surface area contributed by atoms with E-state index in [1.165, 1.54) is 6.07 Å². The van der Waals surface area contributed by atoms with Gasteiger partial charge in [0.1, 0.15) is 0 Å². The summed E-state index contributed by atoms with van der Waals surface area (Å²) >= 11 is 0. The predicted molar refractivity (Wildman–Crippen MR) is 102 cm³/mol. The highest BCUT2D eigenvalue weighted by Crippen LogP contribution is 2.52. The van der Waals surface area contributed by atoms with E-state index in [2.05, 4.69) is 0 Å². The number of rotatable bonds is 3. The number of aliphatic hydroxyl groups excluding tert-OH is 1. The molecule has 0 fully saturated rings. The molecule has 0 aromatic heterocycles. The lowest BCUT2D eigenvalue weighted by Gasteiger charge is -2.37. The van der Waals surface area contributed by atoms with Crippen LogP contribution in [0.5, 0.6) is 11.5 Å². The molecule has 2 heterocycles. The van der Waals surface area contributed by atoms with Crippen LogP contribution in [-0.2, 0) is 11.0 Å². The van der Waals surface area contributed by atoms with Gasteiger partial charge in [-0.15, -0.1) is 0 Å². The molecule has 0 saturated carbocycles. The number of carbonyl (C=O) groups is 1. The molecule has 2 aliphatic heterocycles. The number of nitrogens with zero attached hydrogens (tertiary/aromatic N) is 1. The van der Waals surface area contributed by atoms with Crippen LogP contribution in [0.1, 0.15) is 35.4 Å². The van der Waals surface area contributed by atoms with Crippen LogP contribution in [0.15, 0.2) is 47.7 Å². The van der Waals surface area contributed by atoms with Crippen molar-refractivity contribution in [1.82, 2.24) is 0 Å². The van der Waals surface area contributed by atoms with E-state index >= 15 is 0 Å². The second-order valence-corrected chi connectivity index (χ2v) is 7.48. The molecule has 30 heavy (non-hydrogen) atoms. The van der Waals surface area contributed by atoms with Gasteiger partial charge in [-0.3, -0.25) is 4.79 Å². The maximum atomic E-state index is 13.4. The summed E-state index contributed by atoms with van der Waals surface area (Å²) in [5.41, 5.74) is 2.27. The highest BCUT2D eigenvalue weighted by Gasteiger charge is 2.42. The van der Waals surface area contributed by atoms with Crippen molar-refractivity contribution in [1.29, 1.82) is 0 Å². The number of alkyl halides is 3. The van der Waals surface area contributed by atoms with Crippen molar-refractivity contribution < 1.29 is 32.5 Å². The Morgan fingerprint density at radius 2 is 1.87 bits per heavy atom. The molecule has 0 bridgehead atoms. The molecule has 1 aliphatic carbocycles. The number of hydrogen-bond acceptors (Lipinski definition) is 5. The van der Waals surface area contributed by atoms with Crippen LogP contribution in [0.4, 0.5) is 18.9 Å². The third-order valence-electron chi connectivity index (χ3n) is 5.81. The van der Waals surface area contributed by atoms with Gasteiger partial charge in [0.15, 0.2) is 17.3 Å². The van der Waals surface area contributed by atoms with Crippen molar-refractivity contribution >= 4 is 11.5 Å². The van der Waals surface area contributed by atoms with Crippen LogP contribution in [0.2, 0.25) is 0 Å². The third-order valence-corrected chi connectivity index (χ3v) is 5.81. The zero-order valence-corrected chi connectivity index (χ0v) is 15.8. The van der Waals surface area contributed by atoms with E-state index in [0.717, 1.165) is 17.8 Å². The molecule has 1 atom stereocenters. The minimum Gasteiger partial charge on any atom is -0.454 e. The number of hydrogen-bond donors (Lipinski definition) is 1. The lowest BCUT2D eigenvalue weighted by atomic mass is 9.79. The number of Topliss-reactive ketones (excluding diaryl/α,β-unsaturated/α-hetero) is 1. The summed E-state index contributed by atoms with van der Waals surface area (Å²) < 4.78 is 51.1. The summed E-state index contributed by atoms with van der Waals surface area (Å²) in [6.45, 7) is 0.194. The Morgan fingerprint density at radius 3 is 2.60 bits per heavy atom. The van der Waals surface area contributed by atoms with Crippen molar-refractivity contribution in [3.05, 3.63) is 64.4 Å². The van der Waals surface area contributed by atoms with Crippen LogP contribution in [0.25, 0.3) is 0 Å². The summed E-state index contributed by atoms with van der Waals surface area (Å²) in [6.07, 6.45) is -3.71. The van der Waals surface area contributed by atoms with Crippen molar-refractivity contribution in [3.63, 3.8) is 0 Å². The van der Waals surface area contributed by atoms with E-state index in [1.807, 2.05) is 4.90 Å². The van der Waals surface area contributed by atoms with Crippen molar-refractivity contribution in [2.24, 2.45) is 0 Å². The average Bonchev–Trinajstić information content (AvgIpc) is 3.33. The molecule has 3 aliphatic rings. The summed E-state index contributed by atoms with van der Waals surface area (Å²) in [5, 5.41) is 9.60. The molecule has 2 aromatic carbocycles. The summed E-state index contributed by atoms with van der Waals surface area (Å²) in [4.78, 5) is 14.7. The minimum atomic E-state index is -4.48. The van der Waals surface area contributed by atoms with Gasteiger partial charge < -0.3 is 19.5 Å². The van der Waals surface area contributed by atoms with Gasteiger partial charge in [0.25, 0.3) is 0 Å². The van der Waals surface area contributed by atoms with Gasteiger partial charge in [0.05, 0.1) is 12.2 Å². The van der Waals surface area contributed by atoms with E-state index in [0.29, 0.717) is 46.7 Å². The standard InChI is InChI=1S/C22H18F3NO4/c23-22(24,25)13-3-1-2-12(8-13)20-14-9-18-19(30-11-29-18)10-16(14)26(6-7-27)15-4-5-17(28)21(15)20/h1-3,8-10,20,27H,4-7,11H2. The molecule has 0 amide bonds. The van der Waals surface area contributed by atoms with Crippen molar-refractivity contribution in [3.8, 4) is 11.5 Å². The van der Waals surface area contributed by atoms with Gasteiger partial charge in [-0.25, -0.2) is 0 Å². The van der Waals surface area contributed by atoms with Gasteiger partial charge in [-0.1, -0.05) is 18.2 Å². The van der Waals surface area contributed by atoms with Gasteiger partial charge in [0, 0.05) is 41.9 Å². The first-order chi connectivity index (χ1) is 14.4. The summed E-state index contributed by atoms with van der Waals surface area (Å²) in [7, 11) is 0. The van der Waals surface area contributed by atoms with Crippen LogP contribution < -0.4 is 14.4 Å². The zero-order chi connectivity index (χ0) is 21.0. The topological polar surface area (TPSA) is 59.0 Å². The molecular formula is C22H18F3NO4. The number of carbonyl (C=O) groups excluding carboxylic acids is 1. The van der Waals surface area contributed by atoms with Crippen molar-refractivity contribution in [2.75, 3.05) is 24.8 Å². The Morgan fingerprint density at radius 1 is 1.10 bits per heavy atom.